The van der Waals surface area contributed by atoms with E-state index in [1.165, 1.54) is 34.8 Å². The molecular weight excluding hydrogens is 475 g/mol. The number of aromatic nitrogens is 3. The number of carbonyl (C=O) groups excluding carboxylic acids is 2. The van der Waals surface area contributed by atoms with Gasteiger partial charge in [0.15, 0.2) is 10.1 Å². The van der Waals surface area contributed by atoms with Crippen molar-refractivity contribution in [2.45, 2.75) is 38.3 Å². The molecule has 0 unspecified atom stereocenters. The number of nitrogens with two attached hydrogens (primary N) is 2. The van der Waals surface area contributed by atoms with Crippen molar-refractivity contribution in [1.29, 1.82) is 0 Å². The SMILES string of the molecule is Cc1c(C(N)=O)sc2ncc(C[C@@H]3C[C@@H]4C[C@@H]4N3C(=O)c3nc(N)sc3-c3cccc(F)c3)n12. The van der Waals surface area contributed by atoms with Gasteiger partial charge in [-0.25, -0.2) is 14.4 Å². The molecule has 8 nitrogen and oxygen atoms in total. The van der Waals surface area contributed by atoms with Crippen molar-refractivity contribution in [3.05, 3.63) is 58.2 Å². The molecule has 1 saturated heterocycles. The van der Waals surface area contributed by atoms with Crippen LogP contribution in [-0.2, 0) is 6.42 Å². The molecule has 0 spiro atoms. The van der Waals surface area contributed by atoms with E-state index in [-0.39, 0.29) is 34.6 Å². The lowest BCUT2D eigenvalue weighted by atomic mass is 10.1. The zero-order chi connectivity index (χ0) is 23.7. The zero-order valence-electron chi connectivity index (χ0n) is 18.2. The molecule has 11 heteroatoms. The summed E-state index contributed by atoms with van der Waals surface area (Å²) in [5, 5.41) is 0.274. The fourth-order valence-corrected chi connectivity index (χ4v) is 6.96. The number of primary amides is 1. The average molecular weight is 497 g/mol. The van der Waals surface area contributed by atoms with Gasteiger partial charge in [-0.3, -0.25) is 14.0 Å². The predicted octanol–water partition coefficient (Wildman–Crippen LogP) is 3.49. The summed E-state index contributed by atoms with van der Waals surface area (Å²) >= 11 is 2.46. The Hall–Kier alpha value is -3.31. The number of anilines is 1. The van der Waals surface area contributed by atoms with E-state index >= 15 is 0 Å². The van der Waals surface area contributed by atoms with Crippen LogP contribution in [0.5, 0.6) is 0 Å². The summed E-state index contributed by atoms with van der Waals surface area (Å²) in [5.41, 5.74) is 14.1. The highest BCUT2D eigenvalue weighted by Crippen LogP contribution is 2.50. The highest BCUT2D eigenvalue weighted by molar-refractivity contribution is 7.19. The van der Waals surface area contributed by atoms with E-state index in [9.17, 15) is 14.0 Å². The number of fused-ring (bicyclic) bond motifs is 2. The maximum absolute atomic E-state index is 13.9. The number of rotatable bonds is 5. The molecule has 0 radical (unpaired) electrons. The molecule has 2 aliphatic rings. The Bertz CT molecular complexity index is 1470. The molecule has 0 bridgehead atoms. The molecule has 174 valence electrons. The van der Waals surface area contributed by atoms with Gasteiger partial charge in [-0.05, 0) is 43.4 Å². The lowest BCUT2D eigenvalue weighted by Gasteiger charge is -2.27. The average Bonchev–Trinajstić information content (AvgIpc) is 3.13. The fraction of sp³-hybridized carbons (Fsp3) is 0.304. The van der Waals surface area contributed by atoms with Crippen molar-refractivity contribution in [2.24, 2.45) is 11.7 Å². The summed E-state index contributed by atoms with van der Waals surface area (Å²) in [6, 6.07) is 6.27. The van der Waals surface area contributed by atoms with Gasteiger partial charge in [0, 0.05) is 29.9 Å². The van der Waals surface area contributed by atoms with Gasteiger partial charge in [-0.1, -0.05) is 34.8 Å². The van der Waals surface area contributed by atoms with Crippen LogP contribution in [0.1, 0.15) is 44.4 Å². The van der Waals surface area contributed by atoms with Crippen molar-refractivity contribution >= 4 is 44.6 Å². The van der Waals surface area contributed by atoms with Crippen LogP contribution in [0.4, 0.5) is 9.52 Å². The summed E-state index contributed by atoms with van der Waals surface area (Å²) in [7, 11) is 0. The number of amides is 2. The van der Waals surface area contributed by atoms with Crippen LogP contribution in [0.25, 0.3) is 15.4 Å². The second kappa shape index (κ2) is 7.60. The van der Waals surface area contributed by atoms with Crippen molar-refractivity contribution in [3.8, 4) is 10.4 Å². The lowest BCUT2D eigenvalue weighted by Crippen LogP contribution is -2.40. The molecule has 2 amide bonds. The molecule has 2 fully saturated rings. The van der Waals surface area contributed by atoms with Crippen molar-refractivity contribution in [1.82, 2.24) is 19.3 Å². The van der Waals surface area contributed by atoms with Crippen LogP contribution < -0.4 is 11.5 Å². The molecule has 4 N–H and O–H groups in total. The molecule has 1 aliphatic carbocycles. The molecular formula is C23H21FN6O2S2. The molecule has 34 heavy (non-hydrogen) atoms. The molecule has 3 atom stereocenters. The van der Waals surface area contributed by atoms with Gasteiger partial charge < -0.3 is 16.4 Å². The van der Waals surface area contributed by atoms with Crippen LogP contribution in [0, 0.1) is 18.7 Å². The minimum atomic E-state index is -0.469. The van der Waals surface area contributed by atoms with Crippen molar-refractivity contribution in [3.63, 3.8) is 0 Å². The second-order valence-corrected chi connectivity index (χ2v) is 10.9. The maximum atomic E-state index is 13.9. The number of benzene rings is 1. The number of thiazole rings is 2. The first-order valence-corrected chi connectivity index (χ1v) is 12.6. The fourth-order valence-electron chi connectivity index (χ4n) is 5.17. The number of nitrogen functional groups attached to an aromatic ring is 1. The topological polar surface area (TPSA) is 120 Å². The summed E-state index contributed by atoms with van der Waals surface area (Å²) in [6.45, 7) is 1.85. The Labute approximate surface area is 202 Å². The predicted molar refractivity (Wildman–Crippen MR) is 128 cm³/mol. The van der Waals surface area contributed by atoms with Crippen LogP contribution in [-0.4, -0.2) is 43.2 Å². The van der Waals surface area contributed by atoms with Crippen molar-refractivity contribution in [2.75, 3.05) is 5.73 Å². The Morgan fingerprint density at radius 3 is 2.85 bits per heavy atom. The van der Waals surface area contributed by atoms with Gasteiger partial charge in [0.05, 0.1) is 11.1 Å². The Morgan fingerprint density at radius 1 is 1.26 bits per heavy atom. The first kappa shape index (κ1) is 21.2. The van der Waals surface area contributed by atoms with Gasteiger partial charge in [0.1, 0.15) is 16.4 Å². The first-order chi connectivity index (χ1) is 16.3. The summed E-state index contributed by atoms with van der Waals surface area (Å²) in [4.78, 5) is 38.1. The van der Waals surface area contributed by atoms with E-state index < -0.39 is 5.91 Å². The molecule has 4 aromatic rings. The number of imidazole rings is 1. The molecule has 6 rings (SSSR count). The minimum Gasteiger partial charge on any atom is -0.375 e. The molecule has 3 aromatic heterocycles. The van der Waals surface area contributed by atoms with Crippen LogP contribution in [0.2, 0.25) is 0 Å². The Kier molecular flexibility index (Phi) is 4.75. The van der Waals surface area contributed by atoms with Gasteiger partial charge in [0.2, 0.25) is 0 Å². The van der Waals surface area contributed by atoms with Crippen molar-refractivity contribution < 1.29 is 14.0 Å². The lowest BCUT2D eigenvalue weighted by molar-refractivity contribution is 0.0694. The number of hydrogen-bond donors (Lipinski definition) is 2. The second-order valence-electron chi connectivity index (χ2n) is 8.86. The Morgan fingerprint density at radius 2 is 2.09 bits per heavy atom. The normalized spacial score (nSPS) is 21.2. The molecule has 1 aromatic carbocycles. The number of halogens is 1. The number of nitrogens with zero attached hydrogens (tertiary/aromatic N) is 4. The minimum absolute atomic E-state index is 0.0317. The third-order valence-electron chi connectivity index (χ3n) is 6.71. The Balaban J connectivity index is 1.34. The smallest absolute Gasteiger partial charge is 0.274 e. The van der Waals surface area contributed by atoms with Gasteiger partial charge in [0.25, 0.3) is 11.8 Å². The van der Waals surface area contributed by atoms with E-state index in [1.54, 1.807) is 18.3 Å². The molecule has 4 heterocycles. The van der Waals surface area contributed by atoms with Gasteiger partial charge in [-0.2, -0.15) is 0 Å². The number of carbonyl (C=O) groups is 2. The summed E-state index contributed by atoms with van der Waals surface area (Å²) in [5.74, 6) is -0.558. The van der Waals surface area contributed by atoms with Crippen LogP contribution in [0.15, 0.2) is 30.5 Å². The zero-order valence-corrected chi connectivity index (χ0v) is 19.8. The first-order valence-electron chi connectivity index (χ1n) is 10.9. The van der Waals surface area contributed by atoms with E-state index in [1.807, 2.05) is 16.2 Å². The monoisotopic (exact) mass is 496 g/mol. The molecule has 1 aliphatic heterocycles. The number of aryl methyl sites for hydroxylation is 1. The maximum Gasteiger partial charge on any atom is 0.274 e. The standard InChI is InChI=1S/C23H21FN6O2S2/c1-10-18(20(25)31)34-23-27-9-15(29(10)23)8-14-6-12-7-16(12)30(14)21(32)17-19(33-22(26)28-17)11-3-2-4-13(24)5-11/h2-5,9,12,14,16H,6-8H2,1H3,(H2,25,31)(H2,26,28)/t12-,14+,16+/m1/s1. The van der Waals surface area contributed by atoms with Crippen LogP contribution >= 0.6 is 22.7 Å². The number of hydrogen-bond acceptors (Lipinski definition) is 7. The third-order valence-corrected chi connectivity index (χ3v) is 8.81. The summed E-state index contributed by atoms with van der Waals surface area (Å²) in [6.07, 6.45) is 4.27. The van der Waals surface area contributed by atoms with E-state index in [2.05, 4.69) is 9.97 Å². The van der Waals surface area contributed by atoms with E-state index in [4.69, 9.17) is 11.5 Å². The highest BCUT2D eigenvalue weighted by atomic mass is 32.1. The number of piperidine rings is 1. The van der Waals surface area contributed by atoms with Gasteiger partial charge >= 0.3 is 0 Å². The molecule has 1 saturated carbocycles. The van der Waals surface area contributed by atoms with Crippen LogP contribution in [0.3, 0.4) is 0 Å². The number of likely N-dealkylation sites (tertiary alicyclic amines) is 1. The summed E-state index contributed by atoms with van der Waals surface area (Å²) < 4.78 is 15.8. The quantitative estimate of drug-likeness (QED) is 0.438. The van der Waals surface area contributed by atoms with E-state index in [0.717, 1.165) is 24.2 Å². The largest absolute Gasteiger partial charge is 0.375 e. The highest BCUT2D eigenvalue weighted by Gasteiger charge is 2.54. The van der Waals surface area contributed by atoms with E-state index in [0.29, 0.717) is 32.6 Å². The third kappa shape index (κ3) is 3.30. The van der Waals surface area contributed by atoms with Gasteiger partial charge in [-0.15, -0.1) is 0 Å².